The molecule has 0 aliphatic rings. The molecule has 0 amide bonds. The summed E-state index contributed by atoms with van der Waals surface area (Å²) in [7, 11) is 1.30. The fourth-order valence-corrected chi connectivity index (χ4v) is 1.58. The van der Waals surface area contributed by atoms with Crippen LogP contribution in [-0.2, 0) is 0 Å². The number of methoxy groups -OCH3 is 1. The number of pyridine rings is 1. The molecule has 0 saturated heterocycles. The average molecular weight is 250 g/mol. The number of nitrogen functional groups attached to an aromatic ring is 1. The third-order valence-corrected chi connectivity index (χ3v) is 2.35. The molecule has 2 heterocycles. The van der Waals surface area contributed by atoms with E-state index in [1.54, 1.807) is 0 Å². The van der Waals surface area contributed by atoms with Gasteiger partial charge in [-0.15, -0.1) is 0 Å². The quantitative estimate of drug-likeness (QED) is 0.723. The maximum atomic E-state index is 11.6. The highest BCUT2D eigenvalue weighted by atomic mass is 16.5. The van der Waals surface area contributed by atoms with Gasteiger partial charge >= 0.3 is 6.09 Å². The lowest BCUT2D eigenvalue weighted by molar-refractivity contribution is 0.196. The smallest absolute Gasteiger partial charge is 0.417 e. The number of ether oxygens (including phenoxy) is 1. The third-order valence-electron chi connectivity index (χ3n) is 2.35. The van der Waals surface area contributed by atoms with E-state index in [2.05, 4.69) is 4.98 Å². The van der Waals surface area contributed by atoms with Crippen molar-refractivity contribution in [3.63, 3.8) is 0 Å². The van der Waals surface area contributed by atoms with E-state index in [1.807, 2.05) is 0 Å². The van der Waals surface area contributed by atoms with Gasteiger partial charge in [0.05, 0.1) is 7.11 Å². The lowest BCUT2D eigenvalue weighted by Gasteiger charge is -2.11. The largest absolute Gasteiger partial charge is 0.491 e. The van der Waals surface area contributed by atoms with E-state index < -0.39 is 11.5 Å². The Kier molecular flexibility index (Phi) is 2.76. The minimum absolute atomic E-state index is 0.0135. The molecule has 8 heteroatoms. The summed E-state index contributed by atoms with van der Waals surface area (Å²) >= 11 is 0. The minimum Gasteiger partial charge on any atom is -0.491 e. The van der Waals surface area contributed by atoms with Gasteiger partial charge in [-0.2, -0.15) is 0 Å². The van der Waals surface area contributed by atoms with E-state index in [-0.39, 0.29) is 17.3 Å². The van der Waals surface area contributed by atoms with Crippen molar-refractivity contribution < 1.29 is 14.6 Å². The molecule has 18 heavy (non-hydrogen) atoms. The number of carbonyl (C=O) groups is 1. The van der Waals surface area contributed by atoms with Gasteiger partial charge in [-0.05, 0) is 0 Å². The Labute approximate surface area is 101 Å². The van der Waals surface area contributed by atoms with Gasteiger partial charge in [0, 0.05) is 24.7 Å². The standard InChI is InChI=1S/C10H10N4O4/c1-18-8-6(15)2-4-14(11)7(8)9-12-3-5-13(9)10(16)17/h2-5H,11H2,1H3,(H,16,17). The zero-order valence-electron chi connectivity index (χ0n) is 9.40. The summed E-state index contributed by atoms with van der Waals surface area (Å²) in [5, 5.41) is 8.99. The molecule has 0 saturated carbocycles. The molecule has 2 rings (SSSR count). The molecule has 0 aliphatic carbocycles. The maximum absolute atomic E-state index is 11.6. The SMILES string of the molecule is COc1c(-c2nccn2C(=O)O)n(N)ccc1=O. The first-order valence-electron chi connectivity index (χ1n) is 4.88. The van der Waals surface area contributed by atoms with E-state index in [4.69, 9.17) is 15.7 Å². The summed E-state index contributed by atoms with van der Waals surface area (Å²) in [5.41, 5.74) is -0.313. The van der Waals surface area contributed by atoms with Gasteiger partial charge in [0.1, 0.15) is 0 Å². The van der Waals surface area contributed by atoms with Crippen molar-refractivity contribution in [1.29, 1.82) is 0 Å². The topological polar surface area (TPSA) is 112 Å². The Hall–Kier alpha value is -2.77. The van der Waals surface area contributed by atoms with E-state index in [0.29, 0.717) is 0 Å². The molecule has 3 N–H and O–H groups in total. The van der Waals surface area contributed by atoms with Crippen LogP contribution in [0.2, 0.25) is 0 Å². The molecule has 0 unspecified atom stereocenters. The maximum Gasteiger partial charge on any atom is 0.417 e. The number of nitrogens with two attached hydrogens (primary N) is 1. The van der Waals surface area contributed by atoms with Gasteiger partial charge in [-0.3, -0.25) is 9.47 Å². The number of rotatable bonds is 2. The monoisotopic (exact) mass is 250 g/mol. The molecule has 0 atom stereocenters. The van der Waals surface area contributed by atoms with Gasteiger partial charge in [0.2, 0.25) is 5.43 Å². The lowest BCUT2D eigenvalue weighted by Crippen LogP contribution is -2.21. The summed E-state index contributed by atoms with van der Waals surface area (Å²) in [4.78, 5) is 26.5. The van der Waals surface area contributed by atoms with Gasteiger partial charge in [-0.1, -0.05) is 0 Å². The van der Waals surface area contributed by atoms with Crippen LogP contribution in [-0.4, -0.2) is 32.5 Å². The van der Waals surface area contributed by atoms with Crippen molar-refractivity contribution in [2.75, 3.05) is 13.0 Å². The number of hydrogen-bond donors (Lipinski definition) is 2. The molecule has 0 fully saturated rings. The first-order chi connectivity index (χ1) is 8.56. The molecule has 8 nitrogen and oxygen atoms in total. The number of hydrogen-bond acceptors (Lipinski definition) is 5. The number of aromatic nitrogens is 3. The van der Waals surface area contributed by atoms with Gasteiger partial charge in [0.15, 0.2) is 17.3 Å². The highest BCUT2D eigenvalue weighted by Crippen LogP contribution is 2.23. The molecule has 0 spiro atoms. The van der Waals surface area contributed by atoms with Crippen LogP contribution in [0.25, 0.3) is 11.5 Å². The fourth-order valence-electron chi connectivity index (χ4n) is 1.58. The molecule has 0 aliphatic heterocycles. The summed E-state index contributed by atoms with van der Waals surface area (Å²) in [6.07, 6.45) is 2.61. The summed E-state index contributed by atoms with van der Waals surface area (Å²) in [5.74, 6) is 5.63. The van der Waals surface area contributed by atoms with Crippen molar-refractivity contribution in [2.24, 2.45) is 0 Å². The zero-order chi connectivity index (χ0) is 13.3. The minimum atomic E-state index is -1.24. The third kappa shape index (κ3) is 1.69. The van der Waals surface area contributed by atoms with Gasteiger partial charge in [0.25, 0.3) is 0 Å². The molecule has 2 aromatic heterocycles. The average Bonchev–Trinajstić information content (AvgIpc) is 2.80. The van der Waals surface area contributed by atoms with Crippen LogP contribution in [0.4, 0.5) is 4.79 Å². The summed E-state index contributed by atoms with van der Waals surface area (Å²) in [6.45, 7) is 0. The Morgan fingerprint density at radius 2 is 2.22 bits per heavy atom. The Bertz CT molecular complexity index is 658. The van der Waals surface area contributed by atoms with E-state index in [1.165, 1.54) is 31.8 Å². The molecule has 94 valence electrons. The van der Waals surface area contributed by atoms with Crippen molar-refractivity contribution in [3.8, 4) is 17.3 Å². The van der Waals surface area contributed by atoms with E-state index in [0.717, 1.165) is 9.24 Å². The van der Waals surface area contributed by atoms with E-state index >= 15 is 0 Å². The Balaban J connectivity index is 2.78. The first-order valence-corrected chi connectivity index (χ1v) is 4.88. The number of carboxylic acid groups (broad SMARTS) is 1. The first kappa shape index (κ1) is 11.7. The Morgan fingerprint density at radius 1 is 1.50 bits per heavy atom. The zero-order valence-corrected chi connectivity index (χ0v) is 9.40. The summed E-state index contributed by atoms with van der Waals surface area (Å²) in [6, 6.07) is 1.22. The van der Waals surface area contributed by atoms with Crippen molar-refractivity contribution in [1.82, 2.24) is 14.2 Å². The molecule has 0 radical (unpaired) electrons. The van der Waals surface area contributed by atoms with Gasteiger partial charge in [-0.25, -0.2) is 14.3 Å². The second-order valence-corrected chi connectivity index (χ2v) is 3.37. The van der Waals surface area contributed by atoms with Crippen LogP contribution in [0, 0.1) is 0 Å². The van der Waals surface area contributed by atoms with Crippen LogP contribution in [0.5, 0.6) is 5.75 Å². The second-order valence-electron chi connectivity index (χ2n) is 3.37. The fraction of sp³-hybridized carbons (Fsp3) is 0.100. The molecular weight excluding hydrogens is 240 g/mol. The van der Waals surface area contributed by atoms with Crippen LogP contribution in [0.3, 0.4) is 0 Å². The molecule has 2 aromatic rings. The normalized spacial score (nSPS) is 10.3. The van der Waals surface area contributed by atoms with E-state index in [9.17, 15) is 9.59 Å². The van der Waals surface area contributed by atoms with Crippen LogP contribution < -0.4 is 16.0 Å². The lowest BCUT2D eigenvalue weighted by atomic mass is 10.3. The van der Waals surface area contributed by atoms with Crippen molar-refractivity contribution in [3.05, 3.63) is 34.9 Å². The number of imidazole rings is 1. The highest BCUT2D eigenvalue weighted by molar-refractivity contribution is 5.75. The second kappa shape index (κ2) is 4.24. The predicted molar refractivity (Wildman–Crippen MR) is 62.0 cm³/mol. The highest BCUT2D eigenvalue weighted by Gasteiger charge is 2.20. The van der Waals surface area contributed by atoms with Crippen LogP contribution in [0.1, 0.15) is 0 Å². The predicted octanol–water partition coefficient (Wildman–Crippen LogP) is -0.0397. The molecular formula is C10H10N4O4. The Morgan fingerprint density at radius 3 is 2.83 bits per heavy atom. The summed E-state index contributed by atoms with van der Waals surface area (Å²) < 4.78 is 6.89. The molecule has 0 aromatic carbocycles. The number of nitrogens with zero attached hydrogens (tertiary/aromatic N) is 3. The van der Waals surface area contributed by atoms with Crippen LogP contribution >= 0.6 is 0 Å². The van der Waals surface area contributed by atoms with Crippen molar-refractivity contribution in [2.45, 2.75) is 0 Å². The van der Waals surface area contributed by atoms with Crippen LogP contribution in [0.15, 0.2) is 29.5 Å². The van der Waals surface area contributed by atoms with Crippen molar-refractivity contribution >= 4 is 6.09 Å². The molecule has 0 bridgehead atoms. The van der Waals surface area contributed by atoms with Gasteiger partial charge < -0.3 is 15.7 Å².